The Kier molecular flexibility index (Phi) is 5.47. The molecule has 1 aromatic rings. The third kappa shape index (κ3) is 5.54. The van der Waals surface area contributed by atoms with Crippen LogP contribution in [0.15, 0.2) is 20.3 Å². The topological polar surface area (TPSA) is 121 Å². The molecule has 0 spiro atoms. The zero-order chi connectivity index (χ0) is 16.2. The number of carboxylic acids is 1. The largest absolute Gasteiger partial charge is 0.481 e. The molecule has 0 saturated carbocycles. The van der Waals surface area contributed by atoms with Crippen molar-refractivity contribution >= 4 is 27.8 Å². The molecule has 8 nitrogen and oxygen atoms in total. The molecule has 0 bridgehead atoms. The second-order valence-corrected chi connectivity index (χ2v) is 6.04. The lowest BCUT2D eigenvalue weighted by atomic mass is 9.98. The number of aliphatic carboxylic acids is 1. The summed E-state index contributed by atoms with van der Waals surface area (Å²) in [5, 5.41) is 11.3. The molecule has 0 atom stereocenters. The van der Waals surface area contributed by atoms with Crippen LogP contribution in [0.25, 0.3) is 0 Å². The van der Waals surface area contributed by atoms with Gasteiger partial charge in [0.05, 0.1) is 4.47 Å². The summed E-state index contributed by atoms with van der Waals surface area (Å²) in [4.78, 5) is 47.2. The first kappa shape index (κ1) is 17.2. The van der Waals surface area contributed by atoms with Gasteiger partial charge in [-0.3, -0.25) is 23.9 Å². The first-order chi connectivity index (χ1) is 9.60. The van der Waals surface area contributed by atoms with Gasteiger partial charge in [-0.2, -0.15) is 0 Å². The predicted octanol–water partition coefficient (Wildman–Crippen LogP) is 0.0587. The van der Waals surface area contributed by atoms with E-state index in [-0.39, 0.29) is 23.9 Å². The van der Waals surface area contributed by atoms with E-state index in [9.17, 15) is 19.2 Å². The van der Waals surface area contributed by atoms with Crippen LogP contribution < -0.4 is 16.6 Å². The Labute approximate surface area is 128 Å². The van der Waals surface area contributed by atoms with Gasteiger partial charge in [0.2, 0.25) is 5.91 Å². The van der Waals surface area contributed by atoms with Crippen molar-refractivity contribution in [2.24, 2.45) is 0 Å². The minimum atomic E-state index is -0.946. The lowest BCUT2D eigenvalue weighted by Gasteiger charge is -2.25. The second kappa shape index (κ2) is 6.70. The van der Waals surface area contributed by atoms with Crippen molar-refractivity contribution in [1.29, 1.82) is 0 Å². The van der Waals surface area contributed by atoms with Crippen LogP contribution in [0.3, 0.4) is 0 Å². The number of carbonyl (C=O) groups is 2. The second-order valence-electron chi connectivity index (χ2n) is 5.19. The number of nitrogens with zero attached hydrogens (tertiary/aromatic N) is 1. The van der Waals surface area contributed by atoms with Crippen LogP contribution in [-0.4, -0.2) is 32.1 Å². The van der Waals surface area contributed by atoms with Gasteiger partial charge in [0, 0.05) is 18.2 Å². The Morgan fingerprint density at radius 3 is 2.62 bits per heavy atom. The van der Waals surface area contributed by atoms with Crippen molar-refractivity contribution in [3.8, 4) is 0 Å². The summed E-state index contributed by atoms with van der Waals surface area (Å²) in [6.45, 7) is 3.11. The lowest BCUT2D eigenvalue weighted by Crippen LogP contribution is -2.46. The summed E-state index contributed by atoms with van der Waals surface area (Å²) in [6.07, 6.45) is 1.42. The molecule has 0 aliphatic carbocycles. The standard InChI is InChI=1S/C12H16BrN3O5/c1-12(2,4-3-9(18)19)15-8(17)6-16-5-7(13)10(20)14-11(16)21/h5H,3-4,6H2,1-2H3,(H,15,17)(H,18,19)(H,14,20,21). The lowest BCUT2D eigenvalue weighted by molar-refractivity contribution is -0.137. The summed E-state index contributed by atoms with van der Waals surface area (Å²) in [5.41, 5.74) is -1.97. The van der Waals surface area contributed by atoms with Crippen molar-refractivity contribution in [2.45, 2.75) is 38.8 Å². The third-order valence-corrected chi connectivity index (χ3v) is 3.29. The molecule has 0 unspecified atom stereocenters. The minimum absolute atomic E-state index is 0.0720. The fraction of sp³-hybridized carbons (Fsp3) is 0.500. The number of nitrogens with one attached hydrogen (secondary N) is 2. The Morgan fingerprint density at radius 2 is 2.05 bits per heavy atom. The average Bonchev–Trinajstić information content (AvgIpc) is 2.33. The molecular weight excluding hydrogens is 346 g/mol. The maximum atomic E-state index is 11.9. The molecule has 0 radical (unpaired) electrons. The van der Waals surface area contributed by atoms with Crippen LogP contribution in [-0.2, 0) is 16.1 Å². The van der Waals surface area contributed by atoms with Gasteiger partial charge < -0.3 is 10.4 Å². The zero-order valence-electron chi connectivity index (χ0n) is 11.6. The highest BCUT2D eigenvalue weighted by molar-refractivity contribution is 9.10. The van der Waals surface area contributed by atoms with E-state index in [4.69, 9.17) is 5.11 Å². The van der Waals surface area contributed by atoms with E-state index in [0.717, 1.165) is 4.57 Å². The number of carbonyl (C=O) groups excluding carboxylic acids is 1. The number of hydrogen-bond acceptors (Lipinski definition) is 4. The monoisotopic (exact) mass is 361 g/mol. The smallest absolute Gasteiger partial charge is 0.328 e. The fourth-order valence-corrected chi connectivity index (χ4v) is 2.00. The first-order valence-corrected chi connectivity index (χ1v) is 6.92. The Balaban J connectivity index is 2.74. The molecule has 0 aliphatic heterocycles. The molecular formula is C12H16BrN3O5. The van der Waals surface area contributed by atoms with E-state index in [1.807, 2.05) is 0 Å². The number of H-pyrrole nitrogens is 1. The van der Waals surface area contributed by atoms with Gasteiger partial charge in [0.25, 0.3) is 5.56 Å². The highest BCUT2D eigenvalue weighted by Crippen LogP contribution is 2.11. The number of carboxylic acid groups (broad SMARTS) is 1. The van der Waals surface area contributed by atoms with Crippen LogP contribution in [0.2, 0.25) is 0 Å². The minimum Gasteiger partial charge on any atom is -0.481 e. The van der Waals surface area contributed by atoms with Gasteiger partial charge in [-0.1, -0.05) is 0 Å². The van der Waals surface area contributed by atoms with E-state index in [1.54, 1.807) is 13.8 Å². The van der Waals surface area contributed by atoms with Crippen molar-refractivity contribution in [2.75, 3.05) is 0 Å². The first-order valence-electron chi connectivity index (χ1n) is 6.13. The predicted molar refractivity (Wildman–Crippen MR) is 78.1 cm³/mol. The van der Waals surface area contributed by atoms with Crippen molar-refractivity contribution in [3.63, 3.8) is 0 Å². The van der Waals surface area contributed by atoms with Gasteiger partial charge in [0.15, 0.2) is 0 Å². The molecule has 0 aliphatic rings. The van der Waals surface area contributed by atoms with E-state index in [2.05, 4.69) is 26.2 Å². The molecule has 0 saturated heterocycles. The van der Waals surface area contributed by atoms with E-state index in [0.29, 0.717) is 0 Å². The molecule has 1 amide bonds. The molecule has 1 rings (SSSR count). The van der Waals surface area contributed by atoms with Gasteiger partial charge in [0.1, 0.15) is 6.54 Å². The number of rotatable bonds is 6. The summed E-state index contributed by atoms with van der Waals surface area (Å²) < 4.78 is 1.19. The summed E-state index contributed by atoms with van der Waals surface area (Å²) in [6, 6.07) is 0. The highest BCUT2D eigenvalue weighted by Gasteiger charge is 2.21. The number of aromatic nitrogens is 2. The quantitative estimate of drug-likeness (QED) is 0.661. The number of halogens is 1. The molecule has 0 fully saturated rings. The Hall–Kier alpha value is -1.90. The Bertz CT molecular complexity index is 662. The molecule has 116 valence electrons. The van der Waals surface area contributed by atoms with Crippen molar-refractivity contribution in [3.05, 3.63) is 31.5 Å². The normalized spacial score (nSPS) is 11.2. The van der Waals surface area contributed by atoms with E-state index < -0.39 is 28.7 Å². The summed E-state index contributed by atoms with van der Waals surface area (Å²) >= 11 is 2.97. The van der Waals surface area contributed by atoms with Gasteiger partial charge in [-0.15, -0.1) is 0 Å². The third-order valence-electron chi connectivity index (χ3n) is 2.72. The van der Waals surface area contributed by atoms with Crippen LogP contribution >= 0.6 is 15.9 Å². The van der Waals surface area contributed by atoms with Crippen molar-refractivity contribution in [1.82, 2.24) is 14.9 Å². The summed E-state index contributed by atoms with van der Waals surface area (Å²) in [7, 11) is 0. The number of hydrogen-bond donors (Lipinski definition) is 3. The molecule has 9 heteroatoms. The molecule has 21 heavy (non-hydrogen) atoms. The van der Waals surface area contributed by atoms with E-state index >= 15 is 0 Å². The number of amides is 1. The van der Waals surface area contributed by atoms with E-state index in [1.165, 1.54) is 6.20 Å². The van der Waals surface area contributed by atoms with Crippen LogP contribution in [0.5, 0.6) is 0 Å². The van der Waals surface area contributed by atoms with Crippen LogP contribution in [0.4, 0.5) is 0 Å². The molecule has 1 aromatic heterocycles. The zero-order valence-corrected chi connectivity index (χ0v) is 13.2. The number of aromatic amines is 1. The van der Waals surface area contributed by atoms with Crippen LogP contribution in [0, 0.1) is 0 Å². The van der Waals surface area contributed by atoms with Crippen molar-refractivity contribution < 1.29 is 14.7 Å². The van der Waals surface area contributed by atoms with Crippen LogP contribution in [0.1, 0.15) is 26.7 Å². The molecule has 3 N–H and O–H groups in total. The summed E-state index contributed by atoms with van der Waals surface area (Å²) in [5.74, 6) is -1.40. The molecule has 0 aromatic carbocycles. The van der Waals surface area contributed by atoms with Gasteiger partial charge >= 0.3 is 11.7 Å². The highest BCUT2D eigenvalue weighted by atomic mass is 79.9. The average molecular weight is 362 g/mol. The fourth-order valence-electron chi connectivity index (χ4n) is 1.65. The Morgan fingerprint density at radius 1 is 1.43 bits per heavy atom. The van der Waals surface area contributed by atoms with Gasteiger partial charge in [-0.05, 0) is 36.2 Å². The molecule has 1 heterocycles. The van der Waals surface area contributed by atoms with Gasteiger partial charge in [-0.25, -0.2) is 4.79 Å². The maximum Gasteiger partial charge on any atom is 0.328 e. The maximum absolute atomic E-state index is 11.9. The SMILES string of the molecule is CC(C)(CCC(=O)O)NC(=O)Cn1cc(Br)c(=O)[nH]c1=O.